The van der Waals surface area contributed by atoms with Crippen LogP contribution in [-0.4, -0.2) is 64.2 Å². The van der Waals surface area contributed by atoms with Crippen molar-refractivity contribution in [1.82, 2.24) is 9.62 Å². The van der Waals surface area contributed by atoms with Crippen LogP contribution in [0.25, 0.3) is 0 Å². The molecule has 1 saturated heterocycles. The van der Waals surface area contributed by atoms with Crippen molar-refractivity contribution in [3.05, 3.63) is 59.1 Å². The lowest BCUT2D eigenvalue weighted by Crippen LogP contribution is -2.50. The summed E-state index contributed by atoms with van der Waals surface area (Å²) in [5.41, 5.74) is 1.87. The largest absolute Gasteiger partial charge is 0.497 e. The van der Waals surface area contributed by atoms with E-state index in [-0.39, 0.29) is 24.6 Å². The van der Waals surface area contributed by atoms with Crippen LogP contribution in [0.2, 0.25) is 5.02 Å². The molecule has 0 aromatic heterocycles. The summed E-state index contributed by atoms with van der Waals surface area (Å²) in [6, 6.07) is 14.7. The molecule has 1 heterocycles. The third-order valence-electron chi connectivity index (χ3n) is 5.03. The molecule has 0 unspecified atom stereocenters. The SMILES string of the molecule is COc1ccc(N2CCN(S(=O)(=O)CCNC(=O)Cc3ccc(Cl)cc3)CC2)cc1. The number of ether oxygens (including phenoxy) is 1. The fourth-order valence-corrected chi connectivity index (χ4v) is 4.78. The van der Waals surface area contributed by atoms with Crippen LogP contribution in [0.5, 0.6) is 5.75 Å². The maximum Gasteiger partial charge on any atom is 0.224 e. The molecule has 1 N–H and O–H groups in total. The van der Waals surface area contributed by atoms with Crippen LogP contribution >= 0.6 is 11.6 Å². The van der Waals surface area contributed by atoms with Crippen LogP contribution in [0.3, 0.4) is 0 Å². The molecule has 0 saturated carbocycles. The van der Waals surface area contributed by atoms with Gasteiger partial charge in [-0.25, -0.2) is 8.42 Å². The van der Waals surface area contributed by atoms with Gasteiger partial charge < -0.3 is 15.0 Å². The van der Waals surface area contributed by atoms with E-state index < -0.39 is 10.0 Å². The molecule has 3 rings (SSSR count). The number of halogens is 1. The molecule has 1 aliphatic heterocycles. The van der Waals surface area contributed by atoms with E-state index in [1.165, 1.54) is 4.31 Å². The number of carbonyl (C=O) groups is 1. The van der Waals surface area contributed by atoms with Crippen LogP contribution < -0.4 is 15.0 Å². The standard InChI is InChI=1S/C21H26ClN3O4S/c1-29-20-8-6-19(7-9-20)24-11-13-25(14-12-24)30(27,28)15-10-23-21(26)16-17-2-4-18(22)5-3-17/h2-9H,10-16H2,1H3,(H,23,26). The minimum atomic E-state index is -3.42. The van der Waals surface area contributed by atoms with E-state index in [4.69, 9.17) is 16.3 Å². The molecule has 0 spiro atoms. The van der Waals surface area contributed by atoms with E-state index >= 15 is 0 Å². The summed E-state index contributed by atoms with van der Waals surface area (Å²) >= 11 is 5.83. The number of amides is 1. The summed E-state index contributed by atoms with van der Waals surface area (Å²) in [4.78, 5) is 14.2. The monoisotopic (exact) mass is 451 g/mol. The number of piperazine rings is 1. The van der Waals surface area contributed by atoms with Crippen molar-refractivity contribution in [2.24, 2.45) is 0 Å². The molecule has 2 aromatic carbocycles. The Labute approximate surface area is 182 Å². The topological polar surface area (TPSA) is 79.0 Å². The van der Waals surface area contributed by atoms with E-state index in [1.807, 2.05) is 24.3 Å². The van der Waals surface area contributed by atoms with E-state index in [9.17, 15) is 13.2 Å². The highest BCUT2D eigenvalue weighted by Crippen LogP contribution is 2.21. The minimum absolute atomic E-state index is 0.0907. The van der Waals surface area contributed by atoms with E-state index in [0.29, 0.717) is 31.2 Å². The molecule has 162 valence electrons. The summed E-state index contributed by atoms with van der Waals surface area (Å²) in [6.45, 7) is 2.18. The molecule has 30 heavy (non-hydrogen) atoms. The van der Waals surface area contributed by atoms with Gasteiger partial charge in [-0.05, 0) is 42.0 Å². The molecular weight excluding hydrogens is 426 g/mol. The molecule has 7 nitrogen and oxygen atoms in total. The van der Waals surface area contributed by atoms with Gasteiger partial charge in [-0.3, -0.25) is 4.79 Å². The van der Waals surface area contributed by atoms with Crippen molar-refractivity contribution in [2.75, 3.05) is 50.5 Å². The van der Waals surface area contributed by atoms with Crippen LogP contribution in [0, 0.1) is 0 Å². The second-order valence-electron chi connectivity index (χ2n) is 7.05. The smallest absolute Gasteiger partial charge is 0.224 e. The molecule has 0 aliphatic carbocycles. The summed E-state index contributed by atoms with van der Waals surface area (Å²) in [5, 5.41) is 3.30. The fraction of sp³-hybridized carbons (Fsp3) is 0.381. The van der Waals surface area contributed by atoms with Gasteiger partial charge in [-0.15, -0.1) is 0 Å². The van der Waals surface area contributed by atoms with Crippen molar-refractivity contribution < 1.29 is 17.9 Å². The maximum atomic E-state index is 12.6. The Morgan fingerprint density at radius 3 is 2.27 bits per heavy atom. The number of nitrogens with zero attached hydrogens (tertiary/aromatic N) is 2. The first-order valence-corrected chi connectivity index (χ1v) is 11.7. The summed E-state index contributed by atoms with van der Waals surface area (Å²) < 4.78 is 31.9. The Balaban J connectivity index is 1.43. The number of sulfonamides is 1. The van der Waals surface area contributed by atoms with Crippen molar-refractivity contribution >= 4 is 33.2 Å². The van der Waals surface area contributed by atoms with Crippen molar-refractivity contribution in [3.8, 4) is 5.75 Å². The molecule has 0 atom stereocenters. The predicted octanol–water partition coefficient (Wildman–Crippen LogP) is 2.16. The van der Waals surface area contributed by atoms with Crippen LogP contribution in [-0.2, 0) is 21.2 Å². The first-order valence-electron chi connectivity index (χ1n) is 9.75. The Morgan fingerprint density at radius 2 is 1.67 bits per heavy atom. The van der Waals surface area contributed by atoms with Gasteiger partial charge in [-0.2, -0.15) is 4.31 Å². The molecule has 2 aromatic rings. The molecule has 1 amide bonds. The van der Waals surface area contributed by atoms with Gasteiger partial charge in [0.15, 0.2) is 0 Å². The predicted molar refractivity (Wildman–Crippen MR) is 119 cm³/mol. The summed E-state index contributed by atoms with van der Waals surface area (Å²) in [6.07, 6.45) is 0.192. The lowest BCUT2D eigenvalue weighted by molar-refractivity contribution is -0.120. The Bertz CT molecular complexity index is 941. The molecule has 0 bridgehead atoms. The minimum Gasteiger partial charge on any atom is -0.497 e. The van der Waals surface area contributed by atoms with Gasteiger partial charge in [0, 0.05) is 43.4 Å². The molecule has 1 aliphatic rings. The molecular formula is C21H26ClN3O4S. The summed E-state index contributed by atoms with van der Waals surface area (Å²) in [5.74, 6) is 0.469. The first kappa shape index (κ1) is 22.4. The van der Waals surface area contributed by atoms with Crippen LogP contribution in [0.15, 0.2) is 48.5 Å². The highest BCUT2D eigenvalue weighted by molar-refractivity contribution is 7.89. The number of carbonyl (C=O) groups excluding carboxylic acids is 1. The number of methoxy groups -OCH3 is 1. The zero-order valence-electron chi connectivity index (χ0n) is 16.9. The zero-order chi connectivity index (χ0) is 21.6. The van der Waals surface area contributed by atoms with Gasteiger partial charge in [0.2, 0.25) is 15.9 Å². The third-order valence-corrected chi connectivity index (χ3v) is 7.15. The zero-order valence-corrected chi connectivity index (χ0v) is 18.5. The van der Waals surface area contributed by atoms with Gasteiger partial charge in [0.05, 0.1) is 19.3 Å². The average molecular weight is 452 g/mol. The maximum absolute atomic E-state index is 12.6. The number of anilines is 1. The quantitative estimate of drug-likeness (QED) is 0.665. The van der Waals surface area contributed by atoms with E-state index in [1.54, 1.807) is 31.4 Å². The number of nitrogens with one attached hydrogen (secondary N) is 1. The second-order valence-corrected chi connectivity index (χ2v) is 9.58. The van der Waals surface area contributed by atoms with Crippen LogP contribution in [0.4, 0.5) is 5.69 Å². The molecule has 0 radical (unpaired) electrons. The molecule has 1 fully saturated rings. The number of hydrogen-bond acceptors (Lipinski definition) is 5. The normalized spacial score (nSPS) is 15.1. The number of benzene rings is 2. The summed E-state index contributed by atoms with van der Waals surface area (Å²) in [7, 11) is -1.80. The van der Waals surface area contributed by atoms with E-state index in [0.717, 1.165) is 17.0 Å². The number of rotatable bonds is 8. The highest BCUT2D eigenvalue weighted by Gasteiger charge is 2.26. The third kappa shape index (κ3) is 6.10. The van der Waals surface area contributed by atoms with Gasteiger partial charge in [0.25, 0.3) is 0 Å². The average Bonchev–Trinajstić information content (AvgIpc) is 2.75. The first-order chi connectivity index (χ1) is 14.4. The lowest BCUT2D eigenvalue weighted by atomic mass is 10.1. The van der Waals surface area contributed by atoms with Gasteiger partial charge >= 0.3 is 0 Å². The lowest BCUT2D eigenvalue weighted by Gasteiger charge is -2.35. The second kappa shape index (κ2) is 10.1. The molecule has 9 heteroatoms. The van der Waals surface area contributed by atoms with Crippen LogP contribution in [0.1, 0.15) is 5.56 Å². The van der Waals surface area contributed by atoms with Crippen molar-refractivity contribution in [1.29, 1.82) is 0 Å². The highest BCUT2D eigenvalue weighted by atomic mass is 35.5. The van der Waals surface area contributed by atoms with Gasteiger partial charge in [-0.1, -0.05) is 23.7 Å². The van der Waals surface area contributed by atoms with E-state index in [2.05, 4.69) is 10.2 Å². The Kier molecular flexibility index (Phi) is 7.58. The Morgan fingerprint density at radius 1 is 1.03 bits per heavy atom. The fourth-order valence-electron chi connectivity index (χ4n) is 3.32. The van der Waals surface area contributed by atoms with Crippen molar-refractivity contribution in [2.45, 2.75) is 6.42 Å². The van der Waals surface area contributed by atoms with Gasteiger partial charge in [0.1, 0.15) is 5.75 Å². The number of hydrogen-bond donors (Lipinski definition) is 1. The van der Waals surface area contributed by atoms with Crippen molar-refractivity contribution in [3.63, 3.8) is 0 Å². The Hall–Kier alpha value is -2.29.